The van der Waals surface area contributed by atoms with Crippen LogP contribution in [0.5, 0.6) is 0 Å². The van der Waals surface area contributed by atoms with Crippen molar-refractivity contribution in [2.24, 2.45) is 5.92 Å². The molecule has 2 aromatic heterocycles. The van der Waals surface area contributed by atoms with Gasteiger partial charge in [-0.2, -0.15) is 0 Å². The highest BCUT2D eigenvalue weighted by atomic mass is 32.1. The highest BCUT2D eigenvalue weighted by Crippen LogP contribution is 2.31. The summed E-state index contributed by atoms with van der Waals surface area (Å²) in [5.41, 5.74) is 4.11. The number of aryl methyl sites for hydroxylation is 2. The fourth-order valence-electron chi connectivity index (χ4n) is 4.79. The maximum Gasteiger partial charge on any atom is 0.225 e. The Kier molecular flexibility index (Phi) is 5.98. The Morgan fingerprint density at radius 3 is 2.71 bits per heavy atom. The first-order valence-corrected chi connectivity index (χ1v) is 12.1. The van der Waals surface area contributed by atoms with Gasteiger partial charge in [0.25, 0.3) is 0 Å². The molecule has 1 aliphatic carbocycles. The van der Waals surface area contributed by atoms with Gasteiger partial charge < -0.3 is 10.2 Å². The van der Waals surface area contributed by atoms with Gasteiger partial charge in [0.2, 0.25) is 11.9 Å². The molecule has 3 aromatic rings. The molecule has 0 radical (unpaired) electrons. The van der Waals surface area contributed by atoms with Crippen molar-refractivity contribution in [1.82, 2.24) is 15.3 Å². The highest BCUT2D eigenvalue weighted by Gasteiger charge is 2.29. The summed E-state index contributed by atoms with van der Waals surface area (Å²) < 4.78 is 0. The van der Waals surface area contributed by atoms with Gasteiger partial charge in [0.1, 0.15) is 0 Å². The molecular formula is C25H28N4OS. The molecule has 5 rings (SSSR count). The minimum Gasteiger partial charge on any atom is -0.344 e. The first kappa shape index (κ1) is 20.2. The second-order valence-electron chi connectivity index (χ2n) is 8.53. The molecule has 5 nitrogen and oxygen atoms in total. The lowest BCUT2D eigenvalue weighted by Crippen LogP contribution is -2.44. The predicted octanol–water partition coefficient (Wildman–Crippen LogP) is 4.54. The third-order valence-corrected chi connectivity index (χ3v) is 7.38. The molecule has 0 bridgehead atoms. The minimum atomic E-state index is -0.0944. The van der Waals surface area contributed by atoms with Crippen molar-refractivity contribution in [1.29, 1.82) is 0 Å². The molecule has 3 heterocycles. The molecule has 1 N–H and O–H groups in total. The Bertz CT molecular complexity index is 1020. The van der Waals surface area contributed by atoms with E-state index in [0.717, 1.165) is 25.8 Å². The Morgan fingerprint density at radius 1 is 1.06 bits per heavy atom. The number of anilines is 1. The number of thiophene rings is 1. The summed E-state index contributed by atoms with van der Waals surface area (Å²) in [6, 6.07) is 12.7. The molecule has 160 valence electrons. The number of hydrogen-bond donors (Lipinski definition) is 1. The number of nitrogens with zero attached hydrogens (tertiary/aromatic N) is 3. The predicted molar refractivity (Wildman–Crippen MR) is 124 cm³/mol. The average Bonchev–Trinajstić information content (AvgIpc) is 3.37. The van der Waals surface area contributed by atoms with Crippen LogP contribution >= 0.6 is 11.3 Å². The van der Waals surface area contributed by atoms with Crippen molar-refractivity contribution in [2.45, 2.75) is 44.6 Å². The van der Waals surface area contributed by atoms with Crippen LogP contribution in [0.2, 0.25) is 0 Å². The Balaban J connectivity index is 1.35. The molecular weight excluding hydrogens is 404 g/mol. The van der Waals surface area contributed by atoms with Gasteiger partial charge in [-0.3, -0.25) is 4.79 Å². The van der Waals surface area contributed by atoms with Crippen LogP contribution in [0.3, 0.4) is 0 Å². The Morgan fingerprint density at radius 2 is 1.90 bits per heavy atom. The van der Waals surface area contributed by atoms with E-state index in [0.29, 0.717) is 12.5 Å². The van der Waals surface area contributed by atoms with Gasteiger partial charge in [0.15, 0.2) is 0 Å². The maximum absolute atomic E-state index is 13.4. The summed E-state index contributed by atoms with van der Waals surface area (Å²) >= 11 is 1.70. The van der Waals surface area contributed by atoms with Crippen LogP contribution in [0, 0.1) is 5.92 Å². The van der Waals surface area contributed by atoms with Crippen LogP contribution in [0.15, 0.2) is 54.2 Å². The molecule has 1 aromatic carbocycles. The zero-order valence-electron chi connectivity index (χ0n) is 17.7. The van der Waals surface area contributed by atoms with Crippen LogP contribution in [0.1, 0.15) is 53.3 Å². The van der Waals surface area contributed by atoms with Crippen molar-refractivity contribution in [3.63, 3.8) is 0 Å². The van der Waals surface area contributed by atoms with Crippen molar-refractivity contribution in [3.8, 4) is 0 Å². The van der Waals surface area contributed by atoms with Crippen molar-refractivity contribution in [2.75, 3.05) is 18.0 Å². The van der Waals surface area contributed by atoms with Gasteiger partial charge in [-0.15, -0.1) is 11.3 Å². The first-order chi connectivity index (χ1) is 15.3. The van der Waals surface area contributed by atoms with Crippen LogP contribution < -0.4 is 10.2 Å². The van der Waals surface area contributed by atoms with Crippen LogP contribution in [-0.4, -0.2) is 29.0 Å². The zero-order valence-corrected chi connectivity index (χ0v) is 18.5. The smallest absolute Gasteiger partial charge is 0.225 e. The number of hydrogen-bond acceptors (Lipinski definition) is 5. The number of benzene rings is 1. The van der Waals surface area contributed by atoms with E-state index >= 15 is 0 Å². The number of amides is 1. The monoisotopic (exact) mass is 432 g/mol. The lowest BCUT2D eigenvalue weighted by atomic mass is 9.88. The number of aromatic nitrogens is 2. The van der Waals surface area contributed by atoms with Crippen molar-refractivity contribution >= 4 is 23.2 Å². The third-order valence-electron chi connectivity index (χ3n) is 6.45. The minimum absolute atomic E-state index is 0.0577. The third kappa shape index (κ3) is 4.49. The van der Waals surface area contributed by atoms with E-state index < -0.39 is 0 Å². The molecule has 31 heavy (non-hydrogen) atoms. The molecule has 1 fully saturated rings. The quantitative estimate of drug-likeness (QED) is 0.643. The number of carbonyl (C=O) groups is 1. The second kappa shape index (κ2) is 9.18. The van der Waals surface area contributed by atoms with E-state index in [1.165, 1.54) is 40.8 Å². The van der Waals surface area contributed by atoms with E-state index in [2.05, 4.69) is 55.9 Å². The van der Waals surface area contributed by atoms with Crippen LogP contribution in [-0.2, 0) is 17.6 Å². The van der Waals surface area contributed by atoms with E-state index in [9.17, 15) is 4.79 Å². The zero-order chi connectivity index (χ0) is 21.0. The fraction of sp³-hybridized carbons (Fsp3) is 0.400. The topological polar surface area (TPSA) is 58.1 Å². The van der Waals surface area contributed by atoms with E-state index in [1.807, 2.05) is 6.07 Å². The number of piperidine rings is 1. The second-order valence-corrected chi connectivity index (χ2v) is 9.51. The SMILES string of the molecule is O=C(NC(c1ccc2c(c1)CCCC2)c1cccs1)C1CCCN(c2ncccn2)C1. The molecule has 1 saturated heterocycles. The molecule has 0 saturated carbocycles. The van der Waals surface area contributed by atoms with Gasteiger partial charge in [-0.05, 0) is 72.7 Å². The van der Waals surface area contributed by atoms with Gasteiger partial charge in [0, 0.05) is 30.4 Å². The standard InChI is InChI=1S/C25H28N4OS/c30-24(21-8-3-14-29(17-21)25-26-12-5-13-27-25)28-23(22-9-4-15-31-22)20-11-10-18-6-1-2-7-19(18)16-20/h4-5,9-13,15-16,21,23H,1-3,6-8,14,17H2,(H,28,30). The number of rotatable bonds is 5. The van der Waals surface area contributed by atoms with Gasteiger partial charge in [-0.1, -0.05) is 24.3 Å². The van der Waals surface area contributed by atoms with Crippen LogP contribution in [0.25, 0.3) is 0 Å². The largest absolute Gasteiger partial charge is 0.344 e. The average molecular weight is 433 g/mol. The van der Waals surface area contributed by atoms with Gasteiger partial charge in [-0.25, -0.2) is 9.97 Å². The van der Waals surface area contributed by atoms with E-state index in [4.69, 9.17) is 0 Å². The van der Waals surface area contributed by atoms with E-state index in [1.54, 1.807) is 23.7 Å². The van der Waals surface area contributed by atoms with Crippen molar-refractivity contribution in [3.05, 3.63) is 75.7 Å². The normalized spacial score (nSPS) is 19.5. The molecule has 6 heteroatoms. The molecule has 0 spiro atoms. The maximum atomic E-state index is 13.4. The summed E-state index contributed by atoms with van der Waals surface area (Å²) in [7, 11) is 0. The first-order valence-electron chi connectivity index (χ1n) is 11.3. The molecule has 2 atom stereocenters. The summed E-state index contributed by atoms with van der Waals surface area (Å²) in [4.78, 5) is 25.4. The summed E-state index contributed by atoms with van der Waals surface area (Å²) in [5, 5.41) is 5.47. The lowest BCUT2D eigenvalue weighted by Gasteiger charge is -2.33. The number of fused-ring (bicyclic) bond motifs is 1. The fourth-order valence-corrected chi connectivity index (χ4v) is 5.60. The summed E-state index contributed by atoms with van der Waals surface area (Å²) in [6.07, 6.45) is 10.2. The number of carbonyl (C=O) groups excluding carboxylic acids is 1. The van der Waals surface area contributed by atoms with Crippen LogP contribution in [0.4, 0.5) is 5.95 Å². The lowest BCUT2D eigenvalue weighted by molar-refractivity contribution is -0.125. The van der Waals surface area contributed by atoms with E-state index in [-0.39, 0.29) is 17.9 Å². The summed E-state index contributed by atoms with van der Waals surface area (Å²) in [6.45, 7) is 1.56. The molecule has 2 aliphatic rings. The van der Waals surface area contributed by atoms with Gasteiger partial charge >= 0.3 is 0 Å². The Labute approximate surface area is 187 Å². The highest BCUT2D eigenvalue weighted by molar-refractivity contribution is 7.10. The summed E-state index contributed by atoms with van der Waals surface area (Å²) in [5.74, 6) is 0.777. The van der Waals surface area contributed by atoms with Crippen molar-refractivity contribution < 1.29 is 4.79 Å². The number of nitrogens with one attached hydrogen (secondary N) is 1. The Hall–Kier alpha value is -2.73. The molecule has 2 unspecified atom stereocenters. The molecule has 1 amide bonds. The molecule has 1 aliphatic heterocycles. The van der Waals surface area contributed by atoms with Gasteiger partial charge in [0.05, 0.1) is 12.0 Å².